The molecule has 0 spiro atoms. The van der Waals surface area contributed by atoms with E-state index in [-0.39, 0.29) is 43.3 Å². The highest BCUT2D eigenvalue weighted by atomic mass is 16.6. The number of carbonyl (C=O) groups is 2. The molecule has 0 saturated carbocycles. The number of nitrogens with zero attached hydrogens (tertiary/aromatic N) is 2. The number of amides is 1. The number of cyclic esters (lactones) is 1. The Labute approximate surface area is 268 Å². The lowest BCUT2D eigenvalue weighted by Crippen LogP contribution is -2.60. The van der Waals surface area contributed by atoms with Crippen molar-refractivity contribution in [1.29, 1.82) is 0 Å². The second-order valence-electron chi connectivity index (χ2n) is 14.0. The average molecular weight is 637 g/mol. The van der Waals surface area contributed by atoms with Crippen LogP contribution in [0.5, 0.6) is 0 Å². The monoisotopic (exact) mass is 636 g/mol. The van der Waals surface area contributed by atoms with E-state index in [1.54, 1.807) is 32.1 Å². The number of hydrogen-bond acceptors (Lipinski definition) is 9. The van der Waals surface area contributed by atoms with Gasteiger partial charge in [-0.2, -0.15) is 0 Å². The van der Waals surface area contributed by atoms with Crippen LogP contribution in [-0.4, -0.2) is 122 Å². The lowest BCUT2D eigenvalue weighted by molar-refractivity contribution is -0.151. The van der Waals surface area contributed by atoms with Crippen molar-refractivity contribution in [2.45, 2.75) is 121 Å². The zero-order valence-electron chi connectivity index (χ0n) is 28.0. The third kappa shape index (κ3) is 10.4. The Bertz CT molecular complexity index is 1100. The van der Waals surface area contributed by atoms with Crippen molar-refractivity contribution >= 4 is 12.1 Å². The van der Waals surface area contributed by atoms with Gasteiger partial charge in [-0.3, -0.25) is 4.79 Å². The summed E-state index contributed by atoms with van der Waals surface area (Å²) < 4.78 is 11.6. The highest BCUT2D eigenvalue weighted by molar-refractivity contribution is 5.70. The van der Waals surface area contributed by atoms with E-state index in [0.29, 0.717) is 38.0 Å². The van der Waals surface area contributed by atoms with Crippen molar-refractivity contribution in [2.24, 2.45) is 17.8 Å². The van der Waals surface area contributed by atoms with E-state index in [9.17, 15) is 35.1 Å². The molecule has 3 aliphatic heterocycles. The molecule has 3 aliphatic rings. The molecule has 3 heterocycles. The van der Waals surface area contributed by atoms with Crippen molar-refractivity contribution < 1.29 is 44.6 Å². The van der Waals surface area contributed by atoms with Gasteiger partial charge in [0.1, 0.15) is 6.10 Å². The minimum atomic E-state index is -1.34. The van der Waals surface area contributed by atoms with Crippen molar-refractivity contribution in [1.82, 2.24) is 9.80 Å². The van der Waals surface area contributed by atoms with Crippen LogP contribution in [0, 0.1) is 17.8 Å². The summed E-state index contributed by atoms with van der Waals surface area (Å²) in [6, 6.07) is -0.508. The molecule has 0 aliphatic carbocycles. The molecule has 0 radical (unpaired) electrons. The van der Waals surface area contributed by atoms with Crippen LogP contribution >= 0.6 is 0 Å². The number of carbonyl (C=O) groups excluding carboxylic acids is 1. The molecule has 11 heteroatoms. The number of epoxide rings is 1. The van der Waals surface area contributed by atoms with Crippen LogP contribution in [0.15, 0.2) is 36.0 Å². The van der Waals surface area contributed by atoms with Gasteiger partial charge in [-0.25, -0.2) is 4.79 Å². The second kappa shape index (κ2) is 15.5. The fraction of sp³-hybridized carbons (Fsp3) is 0.765. The molecule has 256 valence electrons. The first-order valence-corrected chi connectivity index (χ1v) is 16.3. The third-order valence-electron chi connectivity index (χ3n) is 9.79. The van der Waals surface area contributed by atoms with Gasteiger partial charge in [0, 0.05) is 43.8 Å². The fourth-order valence-corrected chi connectivity index (χ4v) is 6.72. The van der Waals surface area contributed by atoms with Gasteiger partial charge >= 0.3 is 12.1 Å². The van der Waals surface area contributed by atoms with Gasteiger partial charge in [0.15, 0.2) is 0 Å². The minimum absolute atomic E-state index is 0.0136. The molecule has 2 fully saturated rings. The van der Waals surface area contributed by atoms with Gasteiger partial charge in [0.25, 0.3) is 0 Å². The van der Waals surface area contributed by atoms with Crippen molar-refractivity contribution in [3.05, 3.63) is 36.0 Å². The Morgan fingerprint density at radius 1 is 1.29 bits per heavy atom. The first-order valence-electron chi connectivity index (χ1n) is 16.3. The number of piperazine rings is 1. The molecule has 0 aromatic rings. The van der Waals surface area contributed by atoms with E-state index in [1.165, 1.54) is 4.90 Å². The zero-order valence-corrected chi connectivity index (χ0v) is 28.0. The largest absolute Gasteiger partial charge is 0.465 e. The van der Waals surface area contributed by atoms with Gasteiger partial charge < -0.3 is 44.8 Å². The van der Waals surface area contributed by atoms with Gasteiger partial charge in [0.2, 0.25) is 0 Å². The number of esters is 1. The maximum absolute atomic E-state index is 12.9. The van der Waals surface area contributed by atoms with Crippen LogP contribution in [0.1, 0.15) is 73.6 Å². The molecule has 1 unspecified atom stereocenters. The predicted octanol–water partition coefficient (Wildman–Crippen LogP) is 3.11. The second-order valence-corrected chi connectivity index (χ2v) is 14.0. The normalized spacial score (nSPS) is 37.6. The first-order chi connectivity index (χ1) is 21.0. The molecule has 2 saturated heterocycles. The van der Waals surface area contributed by atoms with E-state index >= 15 is 0 Å². The molecule has 5 N–H and O–H groups in total. The number of hydrogen-bond donors (Lipinski definition) is 5. The highest BCUT2D eigenvalue weighted by Gasteiger charge is 2.47. The smallest absolute Gasteiger partial charge is 0.407 e. The minimum Gasteiger partial charge on any atom is -0.465 e. The molecule has 0 aromatic heterocycles. The Balaban J connectivity index is 1.83. The maximum atomic E-state index is 12.9. The fourth-order valence-electron chi connectivity index (χ4n) is 6.72. The van der Waals surface area contributed by atoms with Gasteiger partial charge in [-0.1, -0.05) is 51.2 Å². The highest BCUT2D eigenvalue weighted by Crippen LogP contribution is 2.38. The van der Waals surface area contributed by atoms with E-state index in [4.69, 9.17) is 9.47 Å². The first kappa shape index (κ1) is 37.2. The van der Waals surface area contributed by atoms with E-state index in [2.05, 4.69) is 0 Å². The molecule has 11 nitrogen and oxygen atoms in total. The lowest BCUT2D eigenvalue weighted by atomic mass is 9.77. The summed E-state index contributed by atoms with van der Waals surface area (Å²) in [6.07, 6.45) is 6.58. The summed E-state index contributed by atoms with van der Waals surface area (Å²) in [6.45, 7) is 12.3. The standard InChI is InChI=1S/C34H56N2O9/c1-8-27(38)23(4)31-28(44-31)19-33(5,42)14-9-10-21(2)30-22(3)11-12-25(26-20-35(7)16-17-36(26)32(40)41)34(6,43)15-13-24(37)18-29(39)45-30/h9-12,14,22-28,30-31,37-38,42-43H,8,13,15-20H2,1-7H3,(H,40,41)/b12-11+,14-9+,21-10+/t22-,23+,24+,25-,26?,27-,28+,30+,31+,33-,34+/m0/s1. The number of carboxylic acid groups (broad SMARTS) is 1. The van der Waals surface area contributed by atoms with Crippen LogP contribution in [0.25, 0.3) is 0 Å². The summed E-state index contributed by atoms with van der Waals surface area (Å²) in [5.41, 5.74) is -1.79. The molecule has 0 bridgehead atoms. The number of rotatable bonds is 9. The average Bonchev–Trinajstić information content (AvgIpc) is 3.71. The van der Waals surface area contributed by atoms with Crippen LogP contribution in [-0.2, 0) is 14.3 Å². The molecule has 0 aromatic carbocycles. The zero-order chi connectivity index (χ0) is 33.7. The van der Waals surface area contributed by atoms with Crippen LogP contribution in [0.3, 0.4) is 0 Å². The van der Waals surface area contributed by atoms with Crippen LogP contribution < -0.4 is 0 Å². The summed E-state index contributed by atoms with van der Waals surface area (Å²) in [5.74, 6) is -1.49. The number of ether oxygens (including phenoxy) is 2. The van der Waals surface area contributed by atoms with Gasteiger partial charge in [-0.05, 0) is 52.7 Å². The van der Waals surface area contributed by atoms with Crippen LogP contribution in [0.2, 0.25) is 0 Å². The SMILES string of the molecule is CC[C@H](O)[C@@H](C)[C@H]1O[C@@H]1C[C@@](C)(O)/C=C/C=C(\C)[C@H]1OC(=O)C[C@H](O)CC[C@@](C)(O)[C@H](C2CN(C)CCN2C(=O)O)/C=C/[C@@H]1C. The molecular weight excluding hydrogens is 580 g/mol. The molecule has 45 heavy (non-hydrogen) atoms. The number of allylic oxidation sites excluding steroid dienone is 2. The topological polar surface area (TPSA) is 164 Å². The Morgan fingerprint density at radius 2 is 1.98 bits per heavy atom. The van der Waals surface area contributed by atoms with Gasteiger partial charge in [-0.15, -0.1) is 0 Å². The summed E-state index contributed by atoms with van der Waals surface area (Å²) in [4.78, 5) is 28.5. The Hall–Kier alpha value is -2.28. The molecular formula is C34H56N2O9. The Morgan fingerprint density at radius 3 is 2.62 bits per heavy atom. The van der Waals surface area contributed by atoms with Crippen LogP contribution in [0.4, 0.5) is 4.79 Å². The summed E-state index contributed by atoms with van der Waals surface area (Å²) >= 11 is 0. The van der Waals surface area contributed by atoms with Crippen molar-refractivity contribution in [3.63, 3.8) is 0 Å². The quantitative estimate of drug-likeness (QED) is 0.110. The van der Waals surface area contributed by atoms with E-state index in [0.717, 1.165) is 0 Å². The number of aliphatic hydroxyl groups is 4. The predicted molar refractivity (Wildman–Crippen MR) is 170 cm³/mol. The number of likely N-dealkylation sites (N-methyl/N-ethyl adjacent to an activating group) is 1. The van der Waals surface area contributed by atoms with Crippen molar-refractivity contribution in [2.75, 3.05) is 26.7 Å². The summed E-state index contributed by atoms with van der Waals surface area (Å²) in [5, 5.41) is 53.4. The third-order valence-corrected chi connectivity index (χ3v) is 9.79. The molecule has 1 amide bonds. The number of aliphatic hydroxyl groups excluding tert-OH is 2. The molecule has 3 rings (SSSR count). The Kier molecular flexibility index (Phi) is 12.8. The molecule has 11 atom stereocenters. The van der Waals surface area contributed by atoms with E-state index < -0.39 is 53.5 Å². The lowest BCUT2D eigenvalue weighted by Gasteiger charge is -2.46. The van der Waals surface area contributed by atoms with Gasteiger partial charge in [0.05, 0.1) is 48.1 Å². The maximum Gasteiger partial charge on any atom is 0.407 e. The summed E-state index contributed by atoms with van der Waals surface area (Å²) in [7, 11) is 1.92. The van der Waals surface area contributed by atoms with Crippen molar-refractivity contribution in [3.8, 4) is 0 Å². The van der Waals surface area contributed by atoms with E-state index in [1.807, 2.05) is 51.8 Å².